The number of anilines is 1. The average molecular weight is 381 g/mol. The zero-order valence-corrected chi connectivity index (χ0v) is 15.7. The fraction of sp³-hybridized carbons (Fsp3) is 0.190. The van der Waals surface area contributed by atoms with Crippen molar-refractivity contribution in [2.24, 2.45) is 0 Å². The first-order valence-electron chi connectivity index (χ1n) is 8.53. The number of fused-ring (bicyclic) bond motifs is 1. The number of nitrogens with one attached hydrogen (secondary N) is 1. The molecule has 3 rings (SSSR count). The van der Waals surface area contributed by atoms with Crippen molar-refractivity contribution >= 4 is 28.5 Å². The minimum absolute atomic E-state index is 0.235. The topological polar surface area (TPSA) is 94.8 Å². The van der Waals surface area contributed by atoms with Crippen LogP contribution >= 0.6 is 0 Å². The SMILES string of the molecule is COc1cccc2cc(C(=O)OCC(=O)Nc3cc(C)cc(C)c3)c(=O)oc12. The highest BCUT2D eigenvalue weighted by Gasteiger charge is 2.18. The van der Waals surface area contributed by atoms with E-state index in [1.165, 1.54) is 13.2 Å². The van der Waals surface area contributed by atoms with Crippen LogP contribution in [0.15, 0.2) is 51.7 Å². The van der Waals surface area contributed by atoms with Crippen molar-refractivity contribution in [3.63, 3.8) is 0 Å². The van der Waals surface area contributed by atoms with Gasteiger partial charge in [-0.2, -0.15) is 0 Å². The predicted octanol–water partition coefficient (Wildman–Crippen LogP) is 3.21. The minimum atomic E-state index is -0.936. The van der Waals surface area contributed by atoms with Gasteiger partial charge in [0.25, 0.3) is 5.91 Å². The lowest BCUT2D eigenvalue weighted by atomic mass is 10.1. The molecule has 0 aliphatic rings. The third-order valence-corrected chi connectivity index (χ3v) is 4.00. The number of carbonyl (C=O) groups excluding carboxylic acids is 2. The van der Waals surface area contributed by atoms with Gasteiger partial charge in [0.15, 0.2) is 17.9 Å². The molecule has 2 aromatic carbocycles. The van der Waals surface area contributed by atoms with Crippen LogP contribution in [0.25, 0.3) is 11.0 Å². The van der Waals surface area contributed by atoms with E-state index in [2.05, 4.69) is 5.32 Å². The normalized spacial score (nSPS) is 10.5. The highest BCUT2D eigenvalue weighted by atomic mass is 16.5. The number of benzene rings is 2. The van der Waals surface area contributed by atoms with Gasteiger partial charge in [0, 0.05) is 11.1 Å². The second kappa shape index (κ2) is 7.96. The summed E-state index contributed by atoms with van der Waals surface area (Å²) in [5, 5.41) is 3.16. The maximum absolute atomic E-state index is 12.2. The molecule has 0 fully saturated rings. The van der Waals surface area contributed by atoms with Crippen LogP contribution in [0.5, 0.6) is 5.75 Å². The average Bonchev–Trinajstić information content (AvgIpc) is 2.64. The van der Waals surface area contributed by atoms with E-state index in [1.807, 2.05) is 19.9 Å². The summed E-state index contributed by atoms with van der Waals surface area (Å²) in [7, 11) is 1.45. The van der Waals surface area contributed by atoms with Crippen molar-refractivity contribution < 1.29 is 23.5 Å². The Kier molecular flexibility index (Phi) is 5.44. The van der Waals surface area contributed by atoms with Gasteiger partial charge in [-0.25, -0.2) is 9.59 Å². The van der Waals surface area contributed by atoms with Gasteiger partial charge >= 0.3 is 11.6 Å². The molecule has 0 aliphatic carbocycles. The predicted molar refractivity (Wildman–Crippen MR) is 104 cm³/mol. The molecule has 7 nitrogen and oxygen atoms in total. The number of ether oxygens (including phenoxy) is 2. The molecule has 7 heteroatoms. The van der Waals surface area contributed by atoms with Gasteiger partial charge < -0.3 is 19.2 Å². The maximum Gasteiger partial charge on any atom is 0.351 e. The molecule has 1 aromatic heterocycles. The number of hydrogen-bond acceptors (Lipinski definition) is 6. The Morgan fingerprint density at radius 1 is 1.07 bits per heavy atom. The highest BCUT2D eigenvalue weighted by Crippen LogP contribution is 2.24. The second-order valence-corrected chi connectivity index (χ2v) is 6.33. The van der Waals surface area contributed by atoms with Gasteiger partial charge in [-0.3, -0.25) is 4.79 Å². The first-order chi connectivity index (χ1) is 13.4. The molecule has 0 aliphatic heterocycles. The van der Waals surface area contributed by atoms with Gasteiger partial charge in [0.2, 0.25) is 0 Å². The molecule has 0 saturated heterocycles. The van der Waals surface area contributed by atoms with Crippen LogP contribution < -0.4 is 15.7 Å². The number of rotatable bonds is 5. The van der Waals surface area contributed by atoms with Gasteiger partial charge in [-0.15, -0.1) is 0 Å². The van der Waals surface area contributed by atoms with Crippen LogP contribution in [0.2, 0.25) is 0 Å². The van der Waals surface area contributed by atoms with E-state index in [-0.39, 0.29) is 11.1 Å². The lowest BCUT2D eigenvalue weighted by molar-refractivity contribution is -0.119. The van der Waals surface area contributed by atoms with Crippen LogP contribution in [0.3, 0.4) is 0 Å². The molecule has 28 heavy (non-hydrogen) atoms. The molecule has 0 radical (unpaired) electrons. The molecular weight excluding hydrogens is 362 g/mol. The molecule has 1 heterocycles. The Morgan fingerprint density at radius 3 is 2.46 bits per heavy atom. The monoisotopic (exact) mass is 381 g/mol. The first-order valence-corrected chi connectivity index (χ1v) is 8.53. The molecule has 0 spiro atoms. The molecule has 3 aromatic rings. The van der Waals surface area contributed by atoms with E-state index < -0.39 is 24.1 Å². The molecule has 1 amide bonds. The van der Waals surface area contributed by atoms with E-state index >= 15 is 0 Å². The number of amides is 1. The van der Waals surface area contributed by atoms with Gasteiger partial charge in [-0.05, 0) is 49.2 Å². The highest BCUT2D eigenvalue weighted by molar-refractivity contribution is 5.97. The van der Waals surface area contributed by atoms with E-state index in [4.69, 9.17) is 13.9 Å². The van der Waals surface area contributed by atoms with Crippen molar-refractivity contribution in [2.45, 2.75) is 13.8 Å². The summed E-state index contributed by atoms with van der Waals surface area (Å²) < 4.78 is 15.3. The Morgan fingerprint density at radius 2 is 1.79 bits per heavy atom. The molecule has 0 unspecified atom stereocenters. The van der Waals surface area contributed by atoms with Crippen LogP contribution in [-0.4, -0.2) is 25.6 Å². The number of methoxy groups -OCH3 is 1. The standard InChI is InChI=1S/C21H19NO6/c1-12-7-13(2)9-15(8-12)22-18(23)11-27-20(24)16-10-14-5-4-6-17(26-3)19(14)28-21(16)25/h4-10H,11H2,1-3H3,(H,22,23). The zero-order valence-electron chi connectivity index (χ0n) is 15.7. The van der Waals surface area contributed by atoms with Crippen LogP contribution in [0.1, 0.15) is 21.5 Å². The Bertz CT molecular complexity index is 1100. The van der Waals surface area contributed by atoms with E-state index in [1.54, 1.807) is 30.3 Å². The van der Waals surface area contributed by atoms with Crippen molar-refractivity contribution in [3.8, 4) is 5.75 Å². The van der Waals surface area contributed by atoms with E-state index in [9.17, 15) is 14.4 Å². The Hall–Kier alpha value is -3.61. The first kappa shape index (κ1) is 19.2. The maximum atomic E-state index is 12.2. The minimum Gasteiger partial charge on any atom is -0.493 e. The van der Waals surface area contributed by atoms with Crippen molar-refractivity contribution in [1.29, 1.82) is 0 Å². The van der Waals surface area contributed by atoms with E-state index in [0.717, 1.165) is 11.1 Å². The molecule has 1 N–H and O–H groups in total. The fourth-order valence-electron chi connectivity index (χ4n) is 2.87. The van der Waals surface area contributed by atoms with Gasteiger partial charge in [-0.1, -0.05) is 18.2 Å². The summed E-state index contributed by atoms with van der Waals surface area (Å²) in [5.41, 5.74) is 1.68. The number of carbonyl (C=O) groups is 2. The molecule has 0 bridgehead atoms. The van der Waals surface area contributed by atoms with Gasteiger partial charge in [0.1, 0.15) is 5.56 Å². The van der Waals surface area contributed by atoms with Crippen LogP contribution in [-0.2, 0) is 9.53 Å². The quantitative estimate of drug-likeness (QED) is 0.539. The third kappa shape index (κ3) is 4.20. The van der Waals surface area contributed by atoms with Crippen LogP contribution in [0.4, 0.5) is 5.69 Å². The summed E-state index contributed by atoms with van der Waals surface area (Å²) in [6, 6.07) is 12.0. The van der Waals surface area contributed by atoms with Crippen molar-refractivity contribution in [1.82, 2.24) is 0 Å². The molecular formula is C21H19NO6. The summed E-state index contributed by atoms with van der Waals surface area (Å²) in [4.78, 5) is 36.4. The number of esters is 1. The zero-order chi connectivity index (χ0) is 20.3. The lowest BCUT2D eigenvalue weighted by Crippen LogP contribution is -2.23. The number of hydrogen-bond donors (Lipinski definition) is 1. The number of para-hydroxylation sites is 1. The summed E-state index contributed by atoms with van der Waals surface area (Å²) in [6.07, 6.45) is 0. The Labute approximate surface area is 160 Å². The molecule has 0 saturated carbocycles. The lowest BCUT2D eigenvalue weighted by Gasteiger charge is -2.09. The third-order valence-electron chi connectivity index (χ3n) is 4.00. The number of aryl methyl sites for hydroxylation is 2. The second-order valence-electron chi connectivity index (χ2n) is 6.33. The largest absolute Gasteiger partial charge is 0.493 e. The fourth-order valence-corrected chi connectivity index (χ4v) is 2.87. The summed E-state index contributed by atoms with van der Waals surface area (Å²) >= 11 is 0. The summed E-state index contributed by atoms with van der Waals surface area (Å²) in [5.74, 6) is -1.07. The van der Waals surface area contributed by atoms with E-state index in [0.29, 0.717) is 16.8 Å². The molecule has 144 valence electrons. The summed E-state index contributed by atoms with van der Waals surface area (Å²) in [6.45, 7) is 3.30. The Balaban J connectivity index is 1.71. The van der Waals surface area contributed by atoms with Gasteiger partial charge in [0.05, 0.1) is 7.11 Å². The van der Waals surface area contributed by atoms with Crippen molar-refractivity contribution in [3.05, 3.63) is 69.6 Å². The van der Waals surface area contributed by atoms with Crippen LogP contribution in [0, 0.1) is 13.8 Å². The smallest absolute Gasteiger partial charge is 0.351 e. The molecule has 0 atom stereocenters. The van der Waals surface area contributed by atoms with Crippen molar-refractivity contribution in [2.75, 3.05) is 19.0 Å².